The van der Waals surface area contributed by atoms with E-state index >= 15 is 0 Å². The Morgan fingerprint density at radius 2 is 2.07 bits per heavy atom. The van der Waals surface area contributed by atoms with E-state index in [4.69, 9.17) is 14.2 Å². The van der Waals surface area contributed by atoms with Gasteiger partial charge in [0.2, 0.25) is 0 Å². The fourth-order valence-corrected chi connectivity index (χ4v) is 1.49. The molecule has 0 amide bonds. The molecule has 1 aromatic rings. The van der Waals surface area contributed by atoms with Crippen LogP contribution in [-0.4, -0.2) is 20.2 Å². The topological polar surface area (TPSA) is 44.8 Å². The van der Waals surface area contributed by atoms with Gasteiger partial charge in [-0.15, -0.1) is 0 Å². The highest BCUT2D eigenvalue weighted by atomic mass is 16.5. The molecule has 2 rings (SSSR count). The molecule has 0 N–H and O–H groups in total. The highest BCUT2D eigenvalue weighted by molar-refractivity contribution is 5.96. The van der Waals surface area contributed by atoms with E-state index in [2.05, 4.69) is 0 Å². The Morgan fingerprint density at radius 3 is 2.71 bits per heavy atom. The van der Waals surface area contributed by atoms with E-state index in [9.17, 15) is 4.79 Å². The van der Waals surface area contributed by atoms with Crippen LogP contribution in [0.3, 0.4) is 0 Å². The summed E-state index contributed by atoms with van der Waals surface area (Å²) in [7, 11) is 3.08. The lowest BCUT2D eigenvalue weighted by Gasteiger charge is -2.06. The zero-order valence-electron chi connectivity index (χ0n) is 7.99. The fraction of sp³-hybridized carbons (Fsp3) is 0.300. The number of rotatable bonds is 2. The molecule has 1 aromatic carbocycles. The van der Waals surface area contributed by atoms with Crippen LogP contribution in [0.1, 0.15) is 15.9 Å². The van der Waals surface area contributed by atoms with Crippen molar-refractivity contribution in [2.75, 3.05) is 14.2 Å². The van der Waals surface area contributed by atoms with Crippen LogP contribution < -0.4 is 9.47 Å². The van der Waals surface area contributed by atoms with Gasteiger partial charge in [0.25, 0.3) is 0 Å². The van der Waals surface area contributed by atoms with Gasteiger partial charge in [0.15, 0.2) is 0 Å². The van der Waals surface area contributed by atoms with E-state index in [1.807, 2.05) is 0 Å². The summed E-state index contributed by atoms with van der Waals surface area (Å²) in [6.07, 6.45) is 0. The predicted molar refractivity (Wildman–Crippen MR) is 48.7 cm³/mol. The van der Waals surface area contributed by atoms with Gasteiger partial charge in [-0.1, -0.05) is 0 Å². The van der Waals surface area contributed by atoms with Crippen molar-refractivity contribution in [3.63, 3.8) is 0 Å². The lowest BCUT2D eigenvalue weighted by molar-refractivity contribution is 0.0533. The summed E-state index contributed by atoms with van der Waals surface area (Å²) < 4.78 is 15.1. The first-order valence-electron chi connectivity index (χ1n) is 4.18. The summed E-state index contributed by atoms with van der Waals surface area (Å²) in [4.78, 5) is 11.3. The van der Waals surface area contributed by atoms with Crippen LogP contribution in [0.2, 0.25) is 0 Å². The minimum absolute atomic E-state index is 0.293. The molecular weight excluding hydrogens is 184 g/mol. The van der Waals surface area contributed by atoms with Crippen molar-refractivity contribution in [3.05, 3.63) is 23.3 Å². The molecule has 14 heavy (non-hydrogen) atoms. The minimum atomic E-state index is -0.334. The molecule has 0 radical (unpaired) electrons. The van der Waals surface area contributed by atoms with E-state index in [1.54, 1.807) is 19.2 Å². The van der Waals surface area contributed by atoms with Crippen molar-refractivity contribution in [2.24, 2.45) is 0 Å². The van der Waals surface area contributed by atoms with Crippen LogP contribution in [0.5, 0.6) is 11.5 Å². The number of carbonyl (C=O) groups excluding carboxylic acids is 1. The Hall–Kier alpha value is -1.71. The second-order valence-corrected chi connectivity index (χ2v) is 2.94. The van der Waals surface area contributed by atoms with Crippen molar-refractivity contribution in [3.8, 4) is 11.5 Å². The van der Waals surface area contributed by atoms with Crippen LogP contribution in [0.15, 0.2) is 12.1 Å². The third kappa shape index (κ3) is 1.19. The first kappa shape index (κ1) is 8.87. The monoisotopic (exact) mass is 194 g/mol. The van der Waals surface area contributed by atoms with Crippen molar-refractivity contribution in [1.29, 1.82) is 0 Å². The van der Waals surface area contributed by atoms with Gasteiger partial charge in [0.1, 0.15) is 23.7 Å². The zero-order valence-corrected chi connectivity index (χ0v) is 7.99. The van der Waals surface area contributed by atoms with Crippen LogP contribution in [-0.2, 0) is 11.3 Å². The molecule has 1 aliphatic rings. The Balaban J connectivity index is 2.58. The van der Waals surface area contributed by atoms with E-state index in [0.717, 1.165) is 5.56 Å². The molecule has 0 atom stereocenters. The second kappa shape index (κ2) is 3.21. The molecule has 0 unspecified atom stereocenters. The molecule has 0 aliphatic carbocycles. The summed E-state index contributed by atoms with van der Waals surface area (Å²) in [5.41, 5.74) is 1.32. The molecule has 0 saturated heterocycles. The number of hydrogen-bond acceptors (Lipinski definition) is 4. The largest absolute Gasteiger partial charge is 0.497 e. The maximum atomic E-state index is 11.3. The van der Waals surface area contributed by atoms with Gasteiger partial charge in [0.05, 0.1) is 14.2 Å². The van der Waals surface area contributed by atoms with Gasteiger partial charge < -0.3 is 14.2 Å². The van der Waals surface area contributed by atoms with Crippen LogP contribution in [0, 0.1) is 0 Å². The smallest absolute Gasteiger partial charge is 0.342 e. The number of ether oxygens (including phenoxy) is 3. The lowest BCUT2D eigenvalue weighted by atomic mass is 10.1. The fourth-order valence-electron chi connectivity index (χ4n) is 1.49. The number of fused-ring (bicyclic) bond motifs is 1. The summed E-state index contributed by atoms with van der Waals surface area (Å²) in [5, 5.41) is 0. The standard InChI is InChI=1S/C10H10O4/c1-12-7-3-6-5-14-10(11)9(6)8(4-7)13-2/h3-4H,5H2,1-2H3. The third-order valence-corrected chi connectivity index (χ3v) is 2.18. The third-order valence-electron chi connectivity index (χ3n) is 2.18. The first-order valence-corrected chi connectivity index (χ1v) is 4.18. The number of hydrogen-bond donors (Lipinski definition) is 0. The normalized spacial score (nSPS) is 13.4. The molecule has 4 nitrogen and oxygen atoms in total. The highest BCUT2D eigenvalue weighted by Crippen LogP contribution is 2.33. The number of methoxy groups -OCH3 is 2. The second-order valence-electron chi connectivity index (χ2n) is 2.94. The van der Waals surface area contributed by atoms with E-state index in [1.165, 1.54) is 7.11 Å². The molecular formula is C10H10O4. The summed E-state index contributed by atoms with van der Waals surface area (Å²) in [5.74, 6) is 0.834. The van der Waals surface area contributed by atoms with Gasteiger partial charge in [0, 0.05) is 11.6 Å². The molecule has 0 saturated carbocycles. The maximum absolute atomic E-state index is 11.3. The minimum Gasteiger partial charge on any atom is -0.497 e. The Kier molecular flexibility index (Phi) is 2.04. The number of esters is 1. The van der Waals surface area contributed by atoms with Crippen molar-refractivity contribution >= 4 is 5.97 Å². The van der Waals surface area contributed by atoms with Crippen LogP contribution >= 0.6 is 0 Å². The summed E-state index contributed by atoms with van der Waals surface area (Å²) in [6, 6.07) is 3.45. The molecule has 4 heteroatoms. The Morgan fingerprint density at radius 1 is 1.29 bits per heavy atom. The van der Waals surface area contributed by atoms with Crippen molar-refractivity contribution in [1.82, 2.24) is 0 Å². The van der Waals surface area contributed by atoms with Gasteiger partial charge in [-0.2, -0.15) is 0 Å². The van der Waals surface area contributed by atoms with Crippen LogP contribution in [0.4, 0.5) is 0 Å². The SMILES string of the molecule is COc1cc2c(c(OC)c1)C(=O)OC2. The average Bonchev–Trinajstić information content (AvgIpc) is 2.59. The van der Waals surface area contributed by atoms with Crippen molar-refractivity contribution in [2.45, 2.75) is 6.61 Å². The summed E-state index contributed by atoms with van der Waals surface area (Å²) in [6.45, 7) is 0.293. The Bertz CT molecular complexity index is 384. The maximum Gasteiger partial charge on any atom is 0.342 e. The molecule has 0 fully saturated rings. The average molecular weight is 194 g/mol. The molecule has 0 aromatic heterocycles. The van der Waals surface area contributed by atoms with Gasteiger partial charge in [-0.25, -0.2) is 4.79 Å². The van der Waals surface area contributed by atoms with E-state index < -0.39 is 0 Å². The lowest BCUT2D eigenvalue weighted by Crippen LogP contribution is -1.99. The Labute approximate surface area is 81.4 Å². The molecule has 0 spiro atoms. The van der Waals surface area contributed by atoms with Crippen LogP contribution in [0.25, 0.3) is 0 Å². The van der Waals surface area contributed by atoms with Crippen molar-refractivity contribution < 1.29 is 19.0 Å². The van der Waals surface area contributed by atoms with E-state index in [-0.39, 0.29) is 5.97 Å². The molecule has 74 valence electrons. The van der Waals surface area contributed by atoms with Gasteiger partial charge in [-0.3, -0.25) is 0 Å². The predicted octanol–water partition coefficient (Wildman–Crippen LogP) is 1.37. The molecule has 1 heterocycles. The highest BCUT2D eigenvalue weighted by Gasteiger charge is 2.26. The van der Waals surface area contributed by atoms with E-state index in [0.29, 0.717) is 23.7 Å². The van der Waals surface area contributed by atoms with Gasteiger partial charge >= 0.3 is 5.97 Å². The number of carbonyl (C=O) groups is 1. The first-order chi connectivity index (χ1) is 6.76. The quantitative estimate of drug-likeness (QED) is 0.667. The number of cyclic esters (lactones) is 1. The molecule has 0 bridgehead atoms. The van der Waals surface area contributed by atoms with Gasteiger partial charge in [-0.05, 0) is 6.07 Å². The number of benzene rings is 1. The zero-order chi connectivity index (χ0) is 10.1. The summed E-state index contributed by atoms with van der Waals surface area (Å²) >= 11 is 0. The molecule has 1 aliphatic heterocycles.